The van der Waals surface area contributed by atoms with E-state index in [2.05, 4.69) is 5.32 Å². The molecule has 2 amide bonds. The van der Waals surface area contributed by atoms with E-state index in [1.807, 2.05) is 32.0 Å². The molecule has 43 heavy (non-hydrogen) atoms. The molecule has 1 aliphatic carbocycles. The van der Waals surface area contributed by atoms with Crippen LogP contribution < -0.4 is 14.4 Å². The standard InChI is InChI=1S/C33H40ClN3O5S/c1-5-30(33(39)35-27-10-6-7-11-27)36(21-25-9-8-12-28(20-25)42-4)32(38)22-37(31-18-15-26(34)19-24(31)3)43(40,41)29-16-13-23(2)14-17-29/h8-9,12-20,27,30H,5-7,10-11,21-22H2,1-4H3,(H,35,39)/t30-/m1/s1. The number of hydrogen-bond donors (Lipinski definition) is 1. The Morgan fingerprint density at radius 2 is 1.72 bits per heavy atom. The molecule has 0 aliphatic heterocycles. The molecule has 4 rings (SSSR count). The zero-order valence-electron chi connectivity index (χ0n) is 25.2. The van der Waals surface area contributed by atoms with Gasteiger partial charge in [-0.15, -0.1) is 0 Å². The normalized spacial score (nSPS) is 14.3. The summed E-state index contributed by atoms with van der Waals surface area (Å²) in [5.74, 6) is -0.115. The van der Waals surface area contributed by atoms with Crippen LogP contribution >= 0.6 is 11.6 Å². The van der Waals surface area contributed by atoms with Gasteiger partial charge >= 0.3 is 0 Å². The van der Waals surface area contributed by atoms with Crippen LogP contribution in [0.2, 0.25) is 5.02 Å². The van der Waals surface area contributed by atoms with Gasteiger partial charge in [0, 0.05) is 17.6 Å². The fourth-order valence-electron chi connectivity index (χ4n) is 5.50. The van der Waals surface area contributed by atoms with E-state index in [-0.39, 0.29) is 23.4 Å². The summed E-state index contributed by atoms with van der Waals surface area (Å²) in [4.78, 5) is 29.5. The molecule has 1 fully saturated rings. The first-order chi connectivity index (χ1) is 20.5. The maximum atomic E-state index is 14.3. The summed E-state index contributed by atoms with van der Waals surface area (Å²) in [6, 6.07) is 17.9. The molecule has 10 heteroatoms. The lowest BCUT2D eigenvalue weighted by molar-refractivity contribution is -0.140. The molecule has 1 atom stereocenters. The predicted octanol–water partition coefficient (Wildman–Crippen LogP) is 6.03. The maximum absolute atomic E-state index is 14.3. The van der Waals surface area contributed by atoms with E-state index in [4.69, 9.17) is 16.3 Å². The zero-order chi connectivity index (χ0) is 31.1. The van der Waals surface area contributed by atoms with Gasteiger partial charge in [-0.05, 0) is 86.7 Å². The Balaban J connectivity index is 1.75. The number of ether oxygens (including phenoxy) is 1. The SMILES string of the molecule is CC[C@H](C(=O)NC1CCCC1)N(Cc1cccc(OC)c1)C(=O)CN(c1ccc(Cl)cc1C)S(=O)(=O)c1ccc(C)cc1. The second kappa shape index (κ2) is 14.3. The van der Waals surface area contributed by atoms with Crippen molar-refractivity contribution in [2.24, 2.45) is 0 Å². The number of sulfonamides is 1. The average molecular weight is 626 g/mol. The molecule has 0 heterocycles. The van der Waals surface area contributed by atoms with Crippen LogP contribution in [-0.2, 0) is 26.2 Å². The van der Waals surface area contributed by atoms with Gasteiger partial charge in [-0.3, -0.25) is 13.9 Å². The fraction of sp³-hybridized carbons (Fsp3) is 0.394. The number of hydrogen-bond acceptors (Lipinski definition) is 5. The van der Waals surface area contributed by atoms with Gasteiger partial charge in [0.05, 0.1) is 17.7 Å². The molecule has 3 aromatic carbocycles. The van der Waals surface area contributed by atoms with Crippen molar-refractivity contribution >= 4 is 39.1 Å². The Labute approximate surface area is 260 Å². The summed E-state index contributed by atoms with van der Waals surface area (Å²) in [5, 5.41) is 3.58. The minimum Gasteiger partial charge on any atom is -0.497 e. The van der Waals surface area contributed by atoms with Crippen LogP contribution in [0.3, 0.4) is 0 Å². The Bertz CT molecular complexity index is 1540. The number of methoxy groups -OCH3 is 1. The van der Waals surface area contributed by atoms with Gasteiger partial charge in [-0.1, -0.05) is 61.2 Å². The van der Waals surface area contributed by atoms with Crippen molar-refractivity contribution in [1.29, 1.82) is 0 Å². The van der Waals surface area contributed by atoms with Crippen LogP contribution in [0.15, 0.2) is 71.6 Å². The smallest absolute Gasteiger partial charge is 0.264 e. The number of nitrogens with one attached hydrogen (secondary N) is 1. The first-order valence-electron chi connectivity index (χ1n) is 14.6. The van der Waals surface area contributed by atoms with E-state index in [9.17, 15) is 18.0 Å². The maximum Gasteiger partial charge on any atom is 0.264 e. The Morgan fingerprint density at radius 1 is 1.02 bits per heavy atom. The molecule has 1 saturated carbocycles. The summed E-state index contributed by atoms with van der Waals surface area (Å²) in [6.45, 7) is 5.08. The van der Waals surface area contributed by atoms with Crippen molar-refractivity contribution in [3.8, 4) is 5.75 Å². The van der Waals surface area contributed by atoms with Gasteiger partial charge < -0.3 is 15.0 Å². The molecule has 1 aliphatic rings. The zero-order valence-corrected chi connectivity index (χ0v) is 26.7. The first-order valence-corrected chi connectivity index (χ1v) is 16.4. The minimum atomic E-state index is -4.17. The largest absolute Gasteiger partial charge is 0.497 e. The van der Waals surface area contributed by atoms with E-state index in [0.717, 1.165) is 41.1 Å². The van der Waals surface area contributed by atoms with Gasteiger partial charge in [0.1, 0.15) is 18.3 Å². The lowest BCUT2D eigenvalue weighted by atomic mass is 10.1. The highest BCUT2D eigenvalue weighted by Crippen LogP contribution is 2.30. The summed E-state index contributed by atoms with van der Waals surface area (Å²) in [7, 11) is -2.60. The molecule has 1 N–H and O–H groups in total. The average Bonchev–Trinajstić information content (AvgIpc) is 3.49. The Hall–Kier alpha value is -3.56. The predicted molar refractivity (Wildman–Crippen MR) is 170 cm³/mol. The highest BCUT2D eigenvalue weighted by molar-refractivity contribution is 7.92. The second-order valence-corrected chi connectivity index (χ2v) is 13.3. The van der Waals surface area contributed by atoms with Crippen LogP contribution in [0.1, 0.15) is 55.7 Å². The van der Waals surface area contributed by atoms with Crippen LogP contribution in [0.5, 0.6) is 5.75 Å². The van der Waals surface area contributed by atoms with E-state index in [0.29, 0.717) is 28.4 Å². The number of carbonyl (C=O) groups excluding carboxylic acids is 2. The van der Waals surface area contributed by atoms with Crippen molar-refractivity contribution in [3.05, 3.63) is 88.4 Å². The van der Waals surface area contributed by atoms with Gasteiger partial charge in [-0.2, -0.15) is 0 Å². The molecular formula is C33H40ClN3O5S. The van der Waals surface area contributed by atoms with Crippen LogP contribution in [0.25, 0.3) is 0 Å². The lowest BCUT2D eigenvalue weighted by Crippen LogP contribution is -2.53. The van der Waals surface area contributed by atoms with E-state index >= 15 is 0 Å². The van der Waals surface area contributed by atoms with E-state index < -0.39 is 28.5 Å². The molecule has 0 unspecified atom stereocenters. The number of benzene rings is 3. The summed E-state index contributed by atoms with van der Waals surface area (Å²) < 4.78 is 34.7. The molecule has 0 aromatic heterocycles. The number of rotatable bonds is 12. The quantitative estimate of drug-likeness (QED) is 0.265. The monoisotopic (exact) mass is 625 g/mol. The molecule has 230 valence electrons. The van der Waals surface area contributed by atoms with Gasteiger partial charge in [-0.25, -0.2) is 8.42 Å². The molecule has 0 spiro atoms. The van der Waals surface area contributed by atoms with E-state index in [1.165, 1.54) is 17.0 Å². The lowest BCUT2D eigenvalue weighted by Gasteiger charge is -2.34. The van der Waals surface area contributed by atoms with Crippen LogP contribution in [0.4, 0.5) is 5.69 Å². The number of amides is 2. The fourth-order valence-corrected chi connectivity index (χ4v) is 7.21. The number of aryl methyl sites for hydroxylation is 2. The number of anilines is 1. The van der Waals surface area contributed by atoms with Crippen molar-refractivity contribution in [3.63, 3.8) is 0 Å². The molecule has 0 saturated heterocycles. The third-order valence-electron chi connectivity index (χ3n) is 7.89. The van der Waals surface area contributed by atoms with Gasteiger partial charge in [0.2, 0.25) is 11.8 Å². The van der Waals surface area contributed by atoms with Crippen LogP contribution in [0, 0.1) is 13.8 Å². The molecule has 0 radical (unpaired) electrons. The van der Waals surface area contributed by atoms with Crippen molar-refractivity contribution in [1.82, 2.24) is 10.2 Å². The highest BCUT2D eigenvalue weighted by Gasteiger charge is 2.35. The third kappa shape index (κ3) is 7.89. The number of carbonyl (C=O) groups is 2. The van der Waals surface area contributed by atoms with E-state index in [1.54, 1.807) is 50.4 Å². The molecule has 3 aromatic rings. The summed E-state index contributed by atoms with van der Waals surface area (Å²) in [6.07, 6.45) is 4.29. The second-order valence-electron chi connectivity index (χ2n) is 11.0. The molecule has 8 nitrogen and oxygen atoms in total. The Morgan fingerprint density at radius 3 is 2.35 bits per heavy atom. The number of nitrogens with zero attached hydrogens (tertiary/aromatic N) is 2. The molecular weight excluding hydrogens is 586 g/mol. The first kappa shape index (κ1) is 32.4. The van der Waals surface area contributed by atoms with Crippen molar-refractivity contribution in [2.45, 2.75) is 76.4 Å². The summed E-state index contributed by atoms with van der Waals surface area (Å²) in [5.41, 5.74) is 2.60. The topological polar surface area (TPSA) is 96.0 Å². The highest BCUT2D eigenvalue weighted by atomic mass is 35.5. The van der Waals surface area contributed by atoms with Crippen LogP contribution in [-0.4, -0.2) is 50.9 Å². The summed E-state index contributed by atoms with van der Waals surface area (Å²) >= 11 is 6.21. The third-order valence-corrected chi connectivity index (χ3v) is 9.90. The van der Waals surface area contributed by atoms with Gasteiger partial charge in [0.15, 0.2) is 0 Å². The Kier molecular flexibility index (Phi) is 10.7. The molecule has 0 bridgehead atoms. The van der Waals surface area contributed by atoms with Gasteiger partial charge in [0.25, 0.3) is 10.0 Å². The minimum absolute atomic E-state index is 0.0608. The van der Waals surface area contributed by atoms with Crippen molar-refractivity contribution < 1.29 is 22.7 Å². The van der Waals surface area contributed by atoms with Crippen molar-refractivity contribution in [2.75, 3.05) is 18.0 Å². The number of halogens is 1.